The fourth-order valence-electron chi connectivity index (χ4n) is 6.20. The van der Waals surface area contributed by atoms with Gasteiger partial charge in [-0.05, 0) is 49.4 Å². The number of nitrogens with one attached hydrogen (secondary N) is 1. The van der Waals surface area contributed by atoms with E-state index in [2.05, 4.69) is 31.1 Å². The lowest BCUT2D eigenvalue weighted by atomic mass is 9.96. The van der Waals surface area contributed by atoms with E-state index in [1.807, 2.05) is 4.90 Å². The fourth-order valence-corrected chi connectivity index (χ4v) is 6.20. The van der Waals surface area contributed by atoms with Gasteiger partial charge in [0.15, 0.2) is 5.82 Å². The van der Waals surface area contributed by atoms with Gasteiger partial charge in [0.1, 0.15) is 34.8 Å². The third-order valence-electron chi connectivity index (χ3n) is 8.15. The van der Waals surface area contributed by atoms with Gasteiger partial charge < -0.3 is 20.1 Å². The number of anilines is 1. The van der Waals surface area contributed by atoms with Crippen molar-refractivity contribution in [2.75, 3.05) is 51.3 Å². The lowest BCUT2D eigenvalue weighted by Gasteiger charge is -2.29. The van der Waals surface area contributed by atoms with Crippen molar-refractivity contribution in [3.63, 3.8) is 0 Å². The molecule has 218 valence electrons. The molecule has 3 saturated heterocycles. The Hall–Kier alpha value is -4.14. The number of hydrogen-bond donors (Lipinski definition) is 2. The smallest absolute Gasteiger partial charge is 0.318 e. The monoisotopic (exact) mass is 576 g/mol. The number of rotatable bonds is 3. The summed E-state index contributed by atoms with van der Waals surface area (Å²) < 4.78 is 48.2. The molecule has 4 aromatic rings. The predicted molar refractivity (Wildman–Crippen MR) is 156 cm³/mol. The maximum Gasteiger partial charge on any atom is 0.318 e. The molecule has 2 atom stereocenters. The van der Waals surface area contributed by atoms with Crippen LogP contribution in [0.4, 0.5) is 19.0 Å². The van der Waals surface area contributed by atoms with Gasteiger partial charge in [-0.15, -0.1) is 6.42 Å². The molecule has 3 fully saturated rings. The Bertz CT molecular complexity index is 1680. The number of terminal acetylenes is 1. The number of benzene rings is 2. The first kappa shape index (κ1) is 28.0. The van der Waals surface area contributed by atoms with Gasteiger partial charge in [-0.1, -0.05) is 12.0 Å². The molecule has 2 aromatic carbocycles. The van der Waals surface area contributed by atoms with Crippen molar-refractivity contribution < 1.29 is 23.0 Å². The van der Waals surface area contributed by atoms with Gasteiger partial charge in [0.05, 0.1) is 18.1 Å². The SMILES string of the molecule is C#Cc1c(F)ccc2cc(O)cc(-c3ncc4c(N5CCNCC5)nc(OC)nc4c3F)c12.FC1CC2CCCN2C1. The lowest BCUT2D eigenvalue weighted by Crippen LogP contribution is -2.44. The van der Waals surface area contributed by atoms with E-state index in [1.165, 1.54) is 50.4 Å². The van der Waals surface area contributed by atoms with Crippen molar-refractivity contribution in [2.45, 2.75) is 31.5 Å². The fraction of sp³-hybridized carbons (Fsp3) is 0.387. The second-order valence-corrected chi connectivity index (χ2v) is 10.7. The number of aromatic nitrogens is 3. The zero-order valence-corrected chi connectivity index (χ0v) is 23.2. The molecule has 0 radical (unpaired) electrons. The van der Waals surface area contributed by atoms with Crippen LogP contribution in [0.3, 0.4) is 0 Å². The minimum absolute atomic E-state index is 0.00976. The quantitative estimate of drug-likeness (QED) is 0.347. The molecular formula is C31H31F3N6O2. The summed E-state index contributed by atoms with van der Waals surface area (Å²) in [5, 5.41) is 14.7. The normalized spacial score (nSPS) is 20.3. The number of phenolic OH excluding ortho intramolecular Hbond substituents is 1. The number of phenols is 1. The predicted octanol–water partition coefficient (Wildman–Crippen LogP) is 4.42. The molecule has 0 bridgehead atoms. The van der Waals surface area contributed by atoms with Crippen LogP contribution >= 0.6 is 0 Å². The number of halogens is 3. The van der Waals surface area contributed by atoms with E-state index in [1.54, 1.807) is 0 Å². The number of hydrogen-bond acceptors (Lipinski definition) is 8. The summed E-state index contributed by atoms with van der Waals surface area (Å²) >= 11 is 0. The Kier molecular flexibility index (Phi) is 7.75. The van der Waals surface area contributed by atoms with Crippen LogP contribution in [0.2, 0.25) is 0 Å². The average Bonchev–Trinajstić information content (AvgIpc) is 3.58. The molecule has 11 heteroatoms. The highest BCUT2D eigenvalue weighted by atomic mass is 19.1. The summed E-state index contributed by atoms with van der Waals surface area (Å²) in [6.07, 6.45) is 9.85. The molecule has 42 heavy (non-hydrogen) atoms. The Labute approximate surface area is 241 Å². The molecule has 8 nitrogen and oxygen atoms in total. The number of aromatic hydroxyl groups is 1. The molecule has 0 amide bonds. The van der Waals surface area contributed by atoms with Gasteiger partial charge in [-0.25, -0.2) is 13.2 Å². The molecule has 0 saturated carbocycles. The van der Waals surface area contributed by atoms with Gasteiger partial charge in [0.25, 0.3) is 0 Å². The van der Waals surface area contributed by atoms with E-state index in [-0.39, 0.29) is 39.5 Å². The van der Waals surface area contributed by atoms with E-state index >= 15 is 4.39 Å². The maximum absolute atomic E-state index is 15.9. The molecular weight excluding hydrogens is 545 g/mol. The molecule has 3 aliphatic rings. The summed E-state index contributed by atoms with van der Waals surface area (Å²) in [6, 6.07) is 6.06. The van der Waals surface area contributed by atoms with Gasteiger partial charge in [0, 0.05) is 55.9 Å². The Morgan fingerprint density at radius 2 is 1.95 bits per heavy atom. The average molecular weight is 577 g/mol. The molecule has 0 aliphatic carbocycles. The van der Waals surface area contributed by atoms with Crippen molar-refractivity contribution in [3.05, 3.63) is 47.7 Å². The van der Waals surface area contributed by atoms with Crippen LogP contribution in [0.5, 0.6) is 11.8 Å². The number of nitrogens with zero attached hydrogens (tertiary/aromatic N) is 5. The first-order valence-corrected chi connectivity index (χ1v) is 14.0. The van der Waals surface area contributed by atoms with Crippen LogP contribution in [0.1, 0.15) is 24.8 Å². The lowest BCUT2D eigenvalue weighted by molar-refractivity contribution is 0.292. The summed E-state index contributed by atoms with van der Waals surface area (Å²) in [5.41, 5.74) is 0.0248. The van der Waals surface area contributed by atoms with E-state index < -0.39 is 17.8 Å². The minimum atomic E-state index is -0.747. The van der Waals surface area contributed by atoms with Crippen molar-refractivity contribution in [3.8, 4) is 35.4 Å². The van der Waals surface area contributed by atoms with Crippen molar-refractivity contribution >= 4 is 27.5 Å². The first-order valence-electron chi connectivity index (χ1n) is 14.0. The Balaban J connectivity index is 0.000000296. The van der Waals surface area contributed by atoms with Crippen LogP contribution in [-0.4, -0.2) is 83.6 Å². The summed E-state index contributed by atoms with van der Waals surface area (Å²) in [5.74, 6) is 1.35. The Morgan fingerprint density at radius 3 is 2.69 bits per heavy atom. The molecule has 5 heterocycles. The van der Waals surface area contributed by atoms with Crippen LogP contribution in [0.15, 0.2) is 30.5 Å². The van der Waals surface area contributed by atoms with Crippen LogP contribution < -0.4 is 15.0 Å². The molecule has 2 unspecified atom stereocenters. The number of fused-ring (bicyclic) bond motifs is 3. The molecule has 7 rings (SSSR count). The third kappa shape index (κ3) is 5.16. The molecule has 0 spiro atoms. The van der Waals surface area contributed by atoms with Crippen LogP contribution in [-0.2, 0) is 0 Å². The number of alkyl halides is 1. The molecule has 3 aliphatic heterocycles. The van der Waals surface area contributed by atoms with Gasteiger partial charge >= 0.3 is 6.01 Å². The topological polar surface area (TPSA) is 86.6 Å². The number of pyridine rings is 1. The van der Waals surface area contributed by atoms with Crippen molar-refractivity contribution in [1.29, 1.82) is 0 Å². The van der Waals surface area contributed by atoms with Crippen LogP contribution in [0, 0.1) is 24.0 Å². The van der Waals surface area contributed by atoms with E-state index in [0.717, 1.165) is 26.1 Å². The maximum atomic E-state index is 15.9. The molecule has 2 N–H and O–H groups in total. The summed E-state index contributed by atoms with van der Waals surface area (Å²) in [4.78, 5) is 17.3. The van der Waals surface area contributed by atoms with E-state index in [9.17, 15) is 13.9 Å². The minimum Gasteiger partial charge on any atom is -0.508 e. The highest BCUT2D eigenvalue weighted by Crippen LogP contribution is 2.38. The summed E-state index contributed by atoms with van der Waals surface area (Å²) in [7, 11) is 1.41. The molecule has 2 aromatic heterocycles. The largest absolute Gasteiger partial charge is 0.508 e. The number of methoxy groups -OCH3 is 1. The Morgan fingerprint density at radius 1 is 1.14 bits per heavy atom. The van der Waals surface area contributed by atoms with Crippen molar-refractivity contribution in [2.24, 2.45) is 0 Å². The number of piperazine rings is 1. The highest BCUT2D eigenvalue weighted by Gasteiger charge is 2.34. The van der Waals surface area contributed by atoms with Crippen molar-refractivity contribution in [1.82, 2.24) is 25.2 Å². The van der Waals surface area contributed by atoms with Gasteiger partial charge in [-0.3, -0.25) is 9.88 Å². The van der Waals surface area contributed by atoms with E-state index in [0.29, 0.717) is 42.3 Å². The zero-order chi connectivity index (χ0) is 29.4. The highest BCUT2D eigenvalue weighted by molar-refractivity contribution is 6.03. The third-order valence-corrected chi connectivity index (χ3v) is 8.15. The second kappa shape index (κ2) is 11.6. The van der Waals surface area contributed by atoms with Gasteiger partial charge in [-0.2, -0.15) is 9.97 Å². The second-order valence-electron chi connectivity index (χ2n) is 10.7. The van der Waals surface area contributed by atoms with Crippen LogP contribution in [0.25, 0.3) is 32.9 Å². The standard InChI is InChI=1S/C24H19F2N5O2.C7H12FN/c1-3-15-18(25)5-4-13-10-14(32)11-16(19(13)15)21-20(26)22-17(12-28-21)23(30-24(29-22)33-2)31-8-6-27-7-9-31;8-6-4-7-2-1-3-9(7)5-6/h1,4-5,10-12,27,32H,6-9H2,2H3;6-7H,1-5H2. The number of ether oxygens (including phenoxy) is 1. The zero-order valence-electron chi connectivity index (χ0n) is 23.2. The van der Waals surface area contributed by atoms with E-state index in [4.69, 9.17) is 11.2 Å². The summed E-state index contributed by atoms with van der Waals surface area (Å²) in [6.45, 7) is 4.74. The van der Waals surface area contributed by atoms with Gasteiger partial charge in [0.2, 0.25) is 0 Å². The first-order chi connectivity index (χ1) is 20.4.